The summed E-state index contributed by atoms with van der Waals surface area (Å²) in [6, 6.07) is 11.6. The van der Waals surface area contributed by atoms with Crippen molar-refractivity contribution >= 4 is 32.5 Å². The number of nitrogens with one attached hydrogen (secondary N) is 1. The molecule has 0 aliphatic rings. The number of benzene rings is 2. The Kier molecular flexibility index (Phi) is 4.89. The number of aromatic nitrogens is 1. The van der Waals surface area contributed by atoms with E-state index in [1.807, 2.05) is 24.3 Å². The predicted octanol–water partition coefficient (Wildman–Crippen LogP) is 3.23. The van der Waals surface area contributed by atoms with Crippen LogP contribution in [0.4, 0.5) is 0 Å². The van der Waals surface area contributed by atoms with Crippen molar-refractivity contribution in [3.8, 4) is 0 Å². The number of aromatic amines is 1. The van der Waals surface area contributed by atoms with Crippen LogP contribution >= 0.6 is 0 Å². The highest BCUT2D eigenvalue weighted by molar-refractivity contribution is 7.90. The van der Waals surface area contributed by atoms with E-state index in [9.17, 15) is 18.0 Å². The number of esters is 1. The SMILES string of the molecule is Cc1ccc(S(C)(=O)=O)cc1C(=O)OCC(=O)c1c(C)[nH]c2ccccc12. The highest BCUT2D eigenvalue weighted by atomic mass is 32.2. The van der Waals surface area contributed by atoms with E-state index in [2.05, 4.69) is 4.98 Å². The van der Waals surface area contributed by atoms with Gasteiger partial charge in [0.1, 0.15) is 0 Å². The van der Waals surface area contributed by atoms with E-state index >= 15 is 0 Å². The van der Waals surface area contributed by atoms with E-state index in [-0.39, 0.29) is 16.2 Å². The third kappa shape index (κ3) is 3.78. The lowest BCUT2D eigenvalue weighted by Crippen LogP contribution is -2.16. The molecule has 1 N–H and O–H groups in total. The summed E-state index contributed by atoms with van der Waals surface area (Å²) in [5, 5.41) is 0.770. The van der Waals surface area contributed by atoms with E-state index in [1.165, 1.54) is 12.1 Å². The maximum Gasteiger partial charge on any atom is 0.338 e. The van der Waals surface area contributed by atoms with Crippen LogP contribution in [0.25, 0.3) is 10.9 Å². The number of carbonyl (C=O) groups excluding carboxylic acids is 2. The molecule has 0 spiro atoms. The van der Waals surface area contributed by atoms with E-state index in [0.717, 1.165) is 17.2 Å². The van der Waals surface area contributed by atoms with Crippen LogP contribution in [0.5, 0.6) is 0 Å². The van der Waals surface area contributed by atoms with Gasteiger partial charge in [-0.25, -0.2) is 13.2 Å². The highest BCUT2D eigenvalue weighted by Crippen LogP contribution is 2.23. The van der Waals surface area contributed by atoms with Crippen LogP contribution in [-0.4, -0.2) is 38.0 Å². The largest absolute Gasteiger partial charge is 0.454 e. The van der Waals surface area contributed by atoms with Gasteiger partial charge in [-0.05, 0) is 37.6 Å². The Hall–Kier alpha value is -2.93. The zero-order valence-corrected chi connectivity index (χ0v) is 16.0. The molecule has 3 rings (SSSR count). The van der Waals surface area contributed by atoms with Gasteiger partial charge in [0.2, 0.25) is 5.78 Å². The maximum absolute atomic E-state index is 12.6. The molecule has 0 saturated heterocycles. The number of ketones is 1. The number of hydrogen-bond acceptors (Lipinski definition) is 5. The Morgan fingerprint density at radius 2 is 1.78 bits per heavy atom. The molecular formula is C20H19NO5S. The summed E-state index contributed by atoms with van der Waals surface area (Å²) in [5.74, 6) is -1.06. The van der Waals surface area contributed by atoms with Crippen molar-refractivity contribution in [3.05, 3.63) is 64.8 Å². The summed E-state index contributed by atoms with van der Waals surface area (Å²) in [6.07, 6.45) is 1.07. The first-order valence-corrected chi connectivity index (χ1v) is 10.2. The van der Waals surface area contributed by atoms with Gasteiger partial charge in [0.15, 0.2) is 16.4 Å². The van der Waals surface area contributed by atoms with E-state index in [4.69, 9.17) is 4.74 Å². The fourth-order valence-electron chi connectivity index (χ4n) is 2.97. The van der Waals surface area contributed by atoms with Crippen molar-refractivity contribution in [3.63, 3.8) is 0 Å². The number of Topliss-reactive ketones (excluding diaryl/α,β-unsaturated/α-hetero) is 1. The minimum Gasteiger partial charge on any atom is -0.454 e. The lowest BCUT2D eigenvalue weighted by atomic mass is 10.1. The number of H-pyrrole nitrogens is 1. The van der Waals surface area contributed by atoms with Crippen LogP contribution in [0, 0.1) is 13.8 Å². The van der Waals surface area contributed by atoms with Crippen molar-refractivity contribution < 1.29 is 22.7 Å². The average molecular weight is 385 g/mol. The fraction of sp³-hybridized carbons (Fsp3) is 0.200. The molecule has 0 atom stereocenters. The second-order valence-corrected chi connectivity index (χ2v) is 8.43. The minimum atomic E-state index is -3.45. The Morgan fingerprint density at radius 1 is 1.07 bits per heavy atom. The second kappa shape index (κ2) is 7.00. The van der Waals surface area contributed by atoms with Crippen molar-refractivity contribution in [1.29, 1.82) is 0 Å². The second-order valence-electron chi connectivity index (χ2n) is 6.42. The molecule has 27 heavy (non-hydrogen) atoms. The predicted molar refractivity (Wildman–Crippen MR) is 102 cm³/mol. The van der Waals surface area contributed by atoms with Gasteiger partial charge in [0, 0.05) is 28.4 Å². The molecule has 0 unspecified atom stereocenters. The van der Waals surface area contributed by atoms with Gasteiger partial charge < -0.3 is 9.72 Å². The molecule has 2 aromatic carbocycles. The number of fused-ring (bicyclic) bond motifs is 1. The van der Waals surface area contributed by atoms with Gasteiger partial charge in [-0.3, -0.25) is 4.79 Å². The Labute approximate surface area is 157 Å². The summed E-state index contributed by atoms with van der Waals surface area (Å²) in [5.41, 5.74) is 2.72. The number of ether oxygens (including phenoxy) is 1. The van der Waals surface area contributed by atoms with E-state index in [0.29, 0.717) is 16.8 Å². The van der Waals surface area contributed by atoms with Crippen molar-refractivity contribution in [2.24, 2.45) is 0 Å². The molecule has 0 aliphatic carbocycles. The van der Waals surface area contributed by atoms with Crippen LogP contribution in [0.1, 0.15) is 32.0 Å². The minimum absolute atomic E-state index is 0.0267. The molecule has 0 fully saturated rings. The normalized spacial score (nSPS) is 11.5. The summed E-state index contributed by atoms with van der Waals surface area (Å²) >= 11 is 0. The Balaban J connectivity index is 1.82. The van der Waals surface area contributed by atoms with Gasteiger partial charge in [-0.15, -0.1) is 0 Å². The van der Waals surface area contributed by atoms with Gasteiger partial charge in [0.05, 0.1) is 10.5 Å². The van der Waals surface area contributed by atoms with E-state index < -0.39 is 22.4 Å². The lowest BCUT2D eigenvalue weighted by molar-refractivity contribution is 0.0474. The molecular weight excluding hydrogens is 366 g/mol. The molecule has 140 valence electrons. The van der Waals surface area contributed by atoms with Gasteiger partial charge in [0.25, 0.3) is 0 Å². The summed E-state index contributed by atoms with van der Waals surface area (Å²) < 4.78 is 28.6. The molecule has 0 bridgehead atoms. The Bertz CT molecular complexity index is 1160. The van der Waals surface area contributed by atoms with Gasteiger partial charge in [-0.2, -0.15) is 0 Å². The highest BCUT2D eigenvalue weighted by Gasteiger charge is 2.20. The quantitative estimate of drug-likeness (QED) is 0.538. The first kappa shape index (κ1) is 18.8. The number of hydrogen-bond donors (Lipinski definition) is 1. The topological polar surface area (TPSA) is 93.3 Å². The van der Waals surface area contributed by atoms with E-state index in [1.54, 1.807) is 19.9 Å². The van der Waals surface area contributed by atoms with Crippen LogP contribution < -0.4 is 0 Å². The fourth-order valence-corrected chi connectivity index (χ4v) is 3.62. The molecule has 0 aliphatic heterocycles. The maximum atomic E-state index is 12.6. The first-order valence-electron chi connectivity index (χ1n) is 8.27. The molecule has 3 aromatic rings. The van der Waals surface area contributed by atoms with Gasteiger partial charge >= 0.3 is 5.97 Å². The van der Waals surface area contributed by atoms with Crippen LogP contribution in [0.2, 0.25) is 0 Å². The molecule has 1 heterocycles. The number of para-hydroxylation sites is 1. The van der Waals surface area contributed by atoms with Crippen molar-refractivity contribution in [1.82, 2.24) is 4.98 Å². The summed E-state index contributed by atoms with van der Waals surface area (Å²) in [4.78, 5) is 28.1. The smallest absolute Gasteiger partial charge is 0.338 e. The molecule has 0 amide bonds. The first-order chi connectivity index (χ1) is 12.7. The van der Waals surface area contributed by atoms with Gasteiger partial charge in [-0.1, -0.05) is 24.3 Å². The number of rotatable bonds is 5. The number of aryl methyl sites for hydroxylation is 2. The third-order valence-corrected chi connectivity index (χ3v) is 5.47. The summed E-state index contributed by atoms with van der Waals surface area (Å²) in [6.45, 7) is 3.03. The van der Waals surface area contributed by atoms with Crippen LogP contribution in [-0.2, 0) is 14.6 Å². The lowest BCUT2D eigenvalue weighted by Gasteiger charge is -2.08. The third-order valence-electron chi connectivity index (χ3n) is 4.36. The monoisotopic (exact) mass is 385 g/mol. The molecule has 6 nitrogen and oxygen atoms in total. The number of sulfone groups is 1. The molecule has 0 radical (unpaired) electrons. The average Bonchev–Trinajstić information content (AvgIpc) is 2.94. The summed E-state index contributed by atoms with van der Waals surface area (Å²) in [7, 11) is -3.45. The van der Waals surface area contributed by atoms with Crippen molar-refractivity contribution in [2.75, 3.05) is 12.9 Å². The molecule has 1 aromatic heterocycles. The molecule has 7 heteroatoms. The van der Waals surface area contributed by atoms with Crippen LogP contribution in [0.3, 0.4) is 0 Å². The Morgan fingerprint density at radius 3 is 2.48 bits per heavy atom. The standard InChI is InChI=1S/C20H19NO5S/c1-12-8-9-14(27(3,24)25)10-16(12)20(23)26-11-18(22)19-13(2)21-17-7-5-4-6-15(17)19/h4-10,21H,11H2,1-3H3. The van der Waals surface area contributed by atoms with Crippen molar-refractivity contribution in [2.45, 2.75) is 18.7 Å². The number of carbonyl (C=O) groups is 2. The molecule has 0 saturated carbocycles. The van der Waals surface area contributed by atoms with Crippen LogP contribution in [0.15, 0.2) is 47.4 Å². The zero-order valence-electron chi connectivity index (χ0n) is 15.2. The zero-order chi connectivity index (χ0) is 19.8.